The van der Waals surface area contributed by atoms with Crippen LogP contribution >= 0.6 is 39.7 Å². The van der Waals surface area contributed by atoms with Crippen LogP contribution in [-0.4, -0.2) is 41.1 Å². The van der Waals surface area contributed by atoms with Crippen LogP contribution in [0.15, 0.2) is 46.9 Å². The molecule has 3 rings (SSSR count). The molecule has 1 fully saturated rings. The molecule has 0 atom stereocenters. The lowest BCUT2D eigenvalue weighted by molar-refractivity contribution is 0.177. The molecule has 0 aliphatic carbocycles. The minimum atomic E-state index is -0.187. The molecule has 1 saturated heterocycles. The van der Waals surface area contributed by atoms with Gasteiger partial charge >= 0.3 is 0 Å². The van der Waals surface area contributed by atoms with Gasteiger partial charge in [0.2, 0.25) is 0 Å². The molecular weight excluding hydrogens is 425 g/mol. The maximum absolute atomic E-state index is 13.3. The van der Waals surface area contributed by atoms with Gasteiger partial charge in [-0.3, -0.25) is 4.90 Å². The highest BCUT2D eigenvalue weighted by atomic mass is 79.9. The van der Waals surface area contributed by atoms with Crippen molar-refractivity contribution in [1.29, 1.82) is 0 Å². The molecular formula is C18H18BrClFN3S. The molecule has 1 aliphatic rings. The third kappa shape index (κ3) is 5.14. The van der Waals surface area contributed by atoms with Crippen LogP contribution in [0.3, 0.4) is 0 Å². The molecule has 0 amide bonds. The SMILES string of the molecule is Fc1cccc(CN2CCN(C(=S)Nc3ccc(Br)cc3Cl)CC2)c1. The second-order valence-corrected chi connectivity index (χ2v) is 7.66. The molecule has 0 aromatic heterocycles. The van der Waals surface area contributed by atoms with E-state index in [1.165, 1.54) is 6.07 Å². The lowest BCUT2D eigenvalue weighted by Gasteiger charge is -2.36. The fourth-order valence-electron chi connectivity index (χ4n) is 2.79. The number of nitrogens with one attached hydrogen (secondary N) is 1. The Balaban J connectivity index is 1.52. The van der Waals surface area contributed by atoms with Gasteiger partial charge in [0.15, 0.2) is 5.11 Å². The van der Waals surface area contributed by atoms with E-state index in [-0.39, 0.29) is 5.82 Å². The Morgan fingerprint density at radius 3 is 2.60 bits per heavy atom. The zero-order chi connectivity index (χ0) is 17.8. The number of anilines is 1. The predicted molar refractivity (Wildman–Crippen MR) is 109 cm³/mol. The predicted octanol–water partition coefficient (Wildman–Crippen LogP) is 4.76. The molecule has 1 N–H and O–H groups in total. The van der Waals surface area contributed by atoms with E-state index < -0.39 is 0 Å². The van der Waals surface area contributed by atoms with Gasteiger partial charge in [-0.05, 0) is 48.1 Å². The summed E-state index contributed by atoms with van der Waals surface area (Å²) < 4.78 is 14.2. The topological polar surface area (TPSA) is 18.5 Å². The van der Waals surface area contributed by atoms with E-state index in [1.54, 1.807) is 12.1 Å². The van der Waals surface area contributed by atoms with Crippen LogP contribution in [0.25, 0.3) is 0 Å². The van der Waals surface area contributed by atoms with Crippen molar-refractivity contribution in [2.24, 2.45) is 0 Å². The van der Waals surface area contributed by atoms with Crippen molar-refractivity contribution in [3.05, 3.63) is 63.3 Å². The maximum atomic E-state index is 13.3. The molecule has 0 radical (unpaired) electrons. The zero-order valence-corrected chi connectivity index (χ0v) is 16.7. The van der Waals surface area contributed by atoms with Crippen molar-refractivity contribution in [3.8, 4) is 0 Å². The Morgan fingerprint density at radius 2 is 1.92 bits per heavy atom. The second-order valence-electron chi connectivity index (χ2n) is 5.95. The van der Waals surface area contributed by atoms with Gasteiger partial charge in [0.25, 0.3) is 0 Å². The summed E-state index contributed by atoms with van der Waals surface area (Å²) in [6.07, 6.45) is 0. The Kier molecular flexibility index (Phi) is 6.28. The van der Waals surface area contributed by atoms with E-state index in [9.17, 15) is 4.39 Å². The first-order valence-corrected chi connectivity index (χ1v) is 9.57. The van der Waals surface area contributed by atoms with E-state index in [0.29, 0.717) is 10.1 Å². The van der Waals surface area contributed by atoms with Crippen LogP contribution < -0.4 is 5.32 Å². The lowest BCUT2D eigenvalue weighted by atomic mass is 10.2. The summed E-state index contributed by atoms with van der Waals surface area (Å²) in [4.78, 5) is 4.44. The van der Waals surface area contributed by atoms with Gasteiger partial charge < -0.3 is 10.2 Å². The van der Waals surface area contributed by atoms with E-state index in [1.807, 2.05) is 24.3 Å². The number of hydrogen-bond acceptors (Lipinski definition) is 2. The Labute approximate surface area is 165 Å². The van der Waals surface area contributed by atoms with Gasteiger partial charge in [-0.1, -0.05) is 39.7 Å². The van der Waals surface area contributed by atoms with Crippen molar-refractivity contribution in [3.63, 3.8) is 0 Å². The summed E-state index contributed by atoms with van der Waals surface area (Å²) >= 11 is 15.1. The fourth-order valence-corrected chi connectivity index (χ4v) is 3.80. The third-order valence-electron chi connectivity index (χ3n) is 4.13. The molecule has 25 heavy (non-hydrogen) atoms. The average molecular weight is 443 g/mol. The minimum Gasteiger partial charge on any atom is -0.346 e. The number of hydrogen-bond donors (Lipinski definition) is 1. The lowest BCUT2D eigenvalue weighted by Crippen LogP contribution is -2.49. The monoisotopic (exact) mass is 441 g/mol. The van der Waals surface area contributed by atoms with Crippen molar-refractivity contribution in [2.45, 2.75) is 6.54 Å². The summed E-state index contributed by atoms with van der Waals surface area (Å²) in [7, 11) is 0. The molecule has 3 nitrogen and oxygen atoms in total. The van der Waals surface area contributed by atoms with Gasteiger partial charge in [0.1, 0.15) is 5.82 Å². The Morgan fingerprint density at radius 1 is 1.16 bits per heavy atom. The molecule has 2 aromatic rings. The summed E-state index contributed by atoms with van der Waals surface area (Å²) in [5, 5.41) is 4.52. The summed E-state index contributed by atoms with van der Waals surface area (Å²) in [6, 6.07) is 12.4. The molecule has 1 aliphatic heterocycles. The highest BCUT2D eigenvalue weighted by Gasteiger charge is 2.19. The standard InChI is InChI=1S/C18H18BrClFN3S/c19-14-4-5-17(16(20)11-14)22-18(25)24-8-6-23(7-9-24)12-13-2-1-3-15(21)10-13/h1-5,10-11H,6-9,12H2,(H,22,25). The van der Waals surface area contributed by atoms with Crippen molar-refractivity contribution < 1.29 is 4.39 Å². The minimum absolute atomic E-state index is 0.187. The Bertz CT molecular complexity index is 766. The van der Waals surface area contributed by atoms with Gasteiger partial charge in [0.05, 0.1) is 10.7 Å². The maximum Gasteiger partial charge on any atom is 0.173 e. The molecule has 0 bridgehead atoms. The van der Waals surface area contributed by atoms with Crippen LogP contribution in [0.1, 0.15) is 5.56 Å². The van der Waals surface area contributed by atoms with E-state index in [0.717, 1.165) is 48.4 Å². The summed E-state index contributed by atoms with van der Waals surface area (Å²) in [5.41, 5.74) is 1.80. The highest BCUT2D eigenvalue weighted by molar-refractivity contribution is 9.10. The van der Waals surface area contributed by atoms with E-state index in [4.69, 9.17) is 23.8 Å². The van der Waals surface area contributed by atoms with Gasteiger partial charge in [-0.2, -0.15) is 0 Å². The van der Waals surface area contributed by atoms with Crippen LogP contribution in [0.2, 0.25) is 5.02 Å². The van der Waals surface area contributed by atoms with Gasteiger partial charge in [-0.15, -0.1) is 0 Å². The van der Waals surface area contributed by atoms with Gasteiger partial charge in [0, 0.05) is 37.2 Å². The molecule has 7 heteroatoms. The molecule has 132 valence electrons. The van der Waals surface area contributed by atoms with E-state index >= 15 is 0 Å². The third-order valence-corrected chi connectivity index (χ3v) is 5.29. The van der Waals surface area contributed by atoms with Crippen LogP contribution in [-0.2, 0) is 6.54 Å². The smallest absolute Gasteiger partial charge is 0.173 e. The Hall–Kier alpha value is -1.21. The average Bonchev–Trinajstić information content (AvgIpc) is 2.58. The number of piperazine rings is 1. The van der Waals surface area contributed by atoms with Crippen LogP contribution in [0, 0.1) is 5.82 Å². The van der Waals surface area contributed by atoms with Crippen molar-refractivity contribution >= 4 is 50.5 Å². The first-order chi connectivity index (χ1) is 12.0. The molecule has 0 unspecified atom stereocenters. The number of thiocarbonyl (C=S) groups is 1. The first-order valence-electron chi connectivity index (χ1n) is 7.99. The van der Waals surface area contributed by atoms with E-state index in [2.05, 4.69) is 31.0 Å². The quantitative estimate of drug-likeness (QED) is 0.691. The second kappa shape index (κ2) is 8.45. The highest BCUT2D eigenvalue weighted by Crippen LogP contribution is 2.26. The van der Waals surface area contributed by atoms with Crippen LogP contribution in [0.4, 0.5) is 10.1 Å². The fraction of sp³-hybridized carbons (Fsp3) is 0.278. The van der Waals surface area contributed by atoms with Gasteiger partial charge in [-0.25, -0.2) is 4.39 Å². The number of nitrogens with zero attached hydrogens (tertiary/aromatic N) is 2. The molecule has 0 saturated carbocycles. The van der Waals surface area contributed by atoms with Crippen LogP contribution in [0.5, 0.6) is 0 Å². The largest absolute Gasteiger partial charge is 0.346 e. The number of benzene rings is 2. The molecule has 0 spiro atoms. The molecule has 1 heterocycles. The molecule has 2 aromatic carbocycles. The number of rotatable bonds is 3. The summed E-state index contributed by atoms with van der Waals surface area (Å²) in [6.45, 7) is 4.17. The zero-order valence-electron chi connectivity index (χ0n) is 13.5. The summed E-state index contributed by atoms with van der Waals surface area (Å²) in [5.74, 6) is -0.187. The van der Waals surface area contributed by atoms with Crippen molar-refractivity contribution in [2.75, 3.05) is 31.5 Å². The number of halogens is 3. The van der Waals surface area contributed by atoms with Crippen molar-refractivity contribution in [1.82, 2.24) is 9.80 Å². The normalized spacial score (nSPS) is 15.2. The first kappa shape index (κ1) is 18.6.